The van der Waals surface area contributed by atoms with E-state index in [-0.39, 0.29) is 5.50 Å². The lowest BCUT2D eigenvalue weighted by molar-refractivity contribution is 0.288. The number of halogens is 1. The van der Waals surface area contributed by atoms with Crippen molar-refractivity contribution in [1.82, 2.24) is 9.80 Å². The zero-order valence-electron chi connectivity index (χ0n) is 5.71. The quantitative estimate of drug-likeness (QED) is 0.406. The van der Waals surface area contributed by atoms with Crippen LogP contribution in [0.4, 0.5) is 0 Å². The maximum absolute atomic E-state index is 5.80. The highest BCUT2D eigenvalue weighted by Crippen LogP contribution is 2.10. The number of rotatable bonds is 1. The summed E-state index contributed by atoms with van der Waals surface area (Å²) in [5, 5.41) is 0. The van der Waals surface area contributed by atoms with E-state index in [1.165, 1.54) is 0 Å². The van der Waals surface area contributed by atoms with Gasteiger partial charge in [0.1, 0.15) is 5.50 Å². The summed E-state index contributed by atoms with van der Waals surface area (Å²) in [6.07, 6.45) is 4.01. The van der Waals surface area contributed by atoms with Gasteiger partial charge in [-0.2, -0.15) is 0 Å². The Hall–Kier alpha value is -0.370. The highest BCUT2D eigenvalue weighted by atomic mass is 35.5. The molecule has 0 amide bonds. The Morgan fingerprint density at radius 3 is 2.44 bits per heavy atom. The minimum absolute atomic E-state index is 0.103. The fraction of sp³-hybridized carbons (Fsp3) is 0.667. The van der Waals surface area contributed by atoms with E-state index in [0.29, 0.717) is 0 Å². The fourth-order valence-corrected chi connectivity index (χ4v) is 0.909. The predicted octanol–water partition coefficient (Wildman–Crippen LogP) is 1.25. The summed E-state index contributed by atoms with van der Waals surface area (Å²) < 4.78 is 0. The van der Waals surface area contributed by atoms with Gasteiger partial charge in [-0.15, -0.1) is 0 Å². The molecule has 1 aliphatic heterocycles. The molecular formula is C6H11ClN2. The third-order valence-electron chi connectivity index (χ3n) is 1.36. The topological polar surface area (TPSA) is 6.48 Å². The van der Waals surface area contributed by atoms with Crippen LogP contribution in [0.2, 0.25) is 0 Å². The minimum atomic E-state index is 0.103. The molecule has 0 aliphatic carbocycles. The average molecular weight is 147 g/mol. The van der Waals surface area contributed by atoms with E-state index in [2.05, 4.69) is 9.80 Å². The van der Waals surface area contributed by atoms with E-state index in [4.69, 9.17) is 11.6 Å². The molecule has 52 valence electrons. The highest BCUT2D eigenvalue weighted by Gasteiger charge is 2.11. The Morgan fingerprint density at radius 1 is 1.56 bits per heavy atom. The van der Waals surface area contributed by atoms with Gasteiger partial charge in [0.15, 0.2) is 0 Å². The van der Waals surface area contributed by atoms with E-state index in [9.17, 15) is 0 Å². The summed E-state index contributed by atoms with van der Waals surface area (Å²) in [5.74, 6) is 0. The molecule has 0 saturated heterocycles. The lowest BCUT2D eigenvalue weighted by atomic mass is 10.6. The van der Waals surface area contributed by atoms with Gasteiger partial charge in [-0.3, -0.25) is 0 Å². The minimum Gasteiger partial charge on any atom is -0.362 e. The Balaban J connectivity index is 2.41. The van der Waals surface area contributed by atoms with Crippen LogP contribution in [0.25, 0.3) is 0 Å². The predicted molar refractivity (Wildman–Crippen MR) is 38.9 cm³/mol. The zero-order valence-corrected chi connectivity index (χ0v) is 6.47. The van der Waals surface area contributed by atoms with Crippen LogP contribution in [0.15, 0.2) is 12.4 Å². The molecule has 0 spiro atoms. The van der Waals surface area contributed by atoms with E-state index in [1.54, 1.807) is 0 Å². The SMILES string of the molecule is CC(Cl)N1C=CN(C)C1. The van der Waals surface area contributed by atoms with Crippen LogP contribution < -0.4 is 0 Å². The van der Waals surface area contributed by atoms with Gasteiger partial charge in [0.05, 0.1) is 6.67 Å². The van der Waals surface area contributed by atoms with Crippen LogP contribution >= 0.6 is 11.6 Å². The molecule has 1 atom stereocenters. The van der Waals surface area contributed by atoms with E-state index < -0.39 is 0 Å². The second kappa shape index (κ2) is 2.48. The maximum Gasteiger partial charge on any atom is 0.102 e. The summed E-state index contributed by atoms with van der Waals surface area (Å²) in [4.78, 5) is 4.14. The van der Waals surface area contributed by atoms with E-state index in [1.807, 2.05) is 26.4 Å². The normalized spacial score (nSPS) is 21.2. The van der Waals surface area contributed by atoms with Crippen LogP contribution in [0.1, 0.15) is 6.92 Å². The van der Waals surface area contributed by atoms with Gasteiger partial charge in [0.2, 0.25) is 0 Å². The molecule has 1 rings (SSSR count). The third-order valence-corrected chi connectivity index (χ3v) is 1.61. The van der Waals surface area contributed by atoms with Crippen molar-refractivity contribution in [2.24, 2.45) is 0 Å². The second-order valence-corrected chi connectivity index (χ2v) is 2.92. The molecule has 0 bridgehead atoms. The standard InChI is InChI=1S/C6H11ClN2/c1-6(7)9-4-3-8(2)5-9/h3-4,6H,5H2,1-2H3. The molecular weight excluding hydrogens is 136 g/mol. The molecule has 0 N–H and O–H groups in total. The molecule has 0 aromatic heterocycles. The first-order valence-electron chi connectivity index (χ1n) is 2.98. The number of alkyl halides is 1. The monoisotopic (exact) mass is 146 g/mol. The van der Waals surface area contributed by atoms with Crippen molar-refractivity contribution in [3.8, 4) is 0 Å². The first kappa shape index (κ1) is 6.75. The molecule has 1 heterocycles. The largest absolute Gasteiger partial charge is 0.362 e. The number of hydrogen-bond acceptors (Lipinski definition) is 2. The van der Waals surface area contributed by atoms with Gasteiger partial charge >= 0.3 is 0 Å². The van der Waals surface area contributed by atoms with Gasteiger partial charge in [-0.1, -0.05) is 11.6 Å². The molecule has 3 heteroatoms. The van der Waals surface area contributed by atoms with Gasteiger partial charge in [-0.25, -0.2) is 0 Å². The Kier molecular flexibility index (Phi) is 1.86. The Bertz CT molecular complexity index is 122. The van der Waals surface area contributed by atoms with Crippen molar-refractivity contribution in [3.63, 3.8) is 0 Å². The average Bonchev–Trinajstić information content (AvgIpc) is 2.14. The number of hydrogen-bond donors (Lipinski definition) is 0. The van der Waals surface area contributed by atoms with Crippen molar-refractivity contribution in [1.29, 1.82) is 0 Å². The third kappa shape index (κ3) is 1.52. The van der Waals surface area contributed by atoms with Crippen LogP contribution in [0, 0.1) is 0 Å². The lowest BCUT2D eigenvalue weighted by Crippen LogP contribution is -2.26. The molecule has 0 aromatic rings. The summed E-state index contributed by atoms with van der Waals surface area (Å²) in [7, 11) is 2.02. The molecule has 2 nitrogen and oxygen atoms in total. The first-order chi connectivity index (χ1) is 4.20. The van der Waals surface area contributed by atoms with E-state index >= 15 is 0 Å². The summed E-state index contributed by atoms with van der Waals surface area (Å²) in [6, 6.07) is 0. The Labute approximate surface area is 60.7 Å². The first-order valence-corrected chi connectivity index (χ1v) is 3.42. The summed E-state index contributed by atoms with van der Waals surface area (Å²) in [5.41, 5.74) is 0.103. The zero-order chi connectivity index (χ0) is 6.85. The van der Waals surface area contributed by atoms with Crippen molar-refractivity contribution < 1.29 is 0 Å². The van der Waals surface area contributed by atoms with Crippen LogP contribution in [-0.4, -0.2) is 29.0 Å². The lowest BCUT2D eigenvalue weighted by Gasteiger charge is -2.19. The van der Waals surface area contributed by atoms with Crippen molar-refractivity contribution in [2.75, 3.05) is 13.7 Å². The molecule has 1 unspecified atom stereocenters. The molecule has 0 radical (unpaired) electrons. The van der Waals surface area contributed by atoms with Crippen molar-refractivity contribution >= 4 is 11.6 Å². The fourth-order valence-electron chi connectivity index (χ4n) is 0.782. The van der Waals surface area contributed by atoms with Gasteiger partial charge in [-0.05, 0) is 6.92 Å². The molecule has 9 heavy (non-hydrogen) atoms. The highest BCUT2D eigenvalue weighted by molar-refractivity contribution is 6.20. The van der Waals surface area contributed by atoms with Gasteiger partial charge in [0.25, 0.3) is 0 Å². The molecule has 0 fully saturated rings. The molecule has 0 saturated carbocycles. The van der Waals surface area contributed by atoms with Crippen LogP contribution in [-0.2, 0) is 0 Å². The smallest absolute Gasteiger partial charge is 0.102 e. The summed E-state index contributed by atoms with van der Waals surface area (Å²) >= 11 is 5.80. The van der Waals surface area contributed by atoms with Crippen molar-refractivity contribution in [3.05, 3.63) is 12.4 Å². The van der Waals surface area contributed by atoms with Gasteiger partial charge in [0, 0.05) is 19.4 Å². The van der Waals surface area contributed by atoms with Crippen LogP contribution in [0.3, 0.4) is 0 Å². The van der Waals surface area contributed by atoms with Crippen molar-refractivity contribution in [2.45, 2.75) is 12.4 Å². The van der Waals surface area contributed by atoms with Crippen LogP contribution in [0.5, 0.6) is 0 Å². The Morgan fingerprint density at radius 2 is 2.22 bits per heavy atom. The second-order valence-electron chi connectivity index (χ2n) is 2.28. The number of nitrogens with zero attached hydrogens (tertiary/aromatic N) is 2. The molecule has 1 aliphatic rings. The molecule has 0 aromatic carbocycles. The van der Waals surface area contributed by atoms with Gasteiger partial charge < -0.3 is 9.80 Å². The van der Waals surface area contributed by atoms with E-state index in [0.717, 1.165) is 6.67 Å². The summed E-state index contributed by atoms with van der Waals surface area (Å²) in [6.45, 7) is 2.87. The maximum atomic E-state index is 5.80.